The summed E-state index contributed by atoms with van der Waals surface area (Å²) in [6.45, 7) is 3.13. The summed E-state index contributed by atoms with van der Waals surface area (Å²) in [5.41, 5.74) is 4.59. The molecule has 0 radical (unpaired) electrons. The van der Waals surface area contributed by atoms with Crippen LogP contribution in [0.3, 0.4) is 0 Å². The molecule has 0 unspecified atom stereocenters. The van der Waals surface area contributed by atoms with E-state index in [4.69, 9.17) is 4.74 Å². The first-order chi connectivity index (χ1) is 19.1. The minimum atomic E-state index is -3.46. The topological polar surface area (TPSA) is 108 Å². The molecule has 40 heavy (non-hydrogen) atoms. The van der Waals surface area contributed by atoms with Crippen LogP contribution in [0.5, 0.6) is 0 Å². The second-order valence-electron chi connectivity index (χ2n) is 9.71. The third-order valence-electron chi connectivity index (χ3n) is 6.38. The highest BCUT2D eigenvalue weighted by Crippen LogP contribution is 2.38. The molecule has 210 valence electrons. The highest BCUT2D eigenvalue weighted by Gasteiger charge is 2.29. The van der Waals surface area contributed by atoms with E-state index in [0.29, 0.717) is 52.4 Å². The summed E-state index contributed by atoms with van der Waals surface area (Å²) in [5, 5.41) is 6.25. The number of carbonyl (C=O) groups is 2. The number of nitrogens with one attached hydrogen (secondary N) is 2. The van der Waals surface area contributed by atoms with Crippen molar-refractivity contribution in [2.45, 2.75) is 13.3 Å². The van der Waals surface area contributed by atoms with E-state index >= 15 is 0 Å². The van der Waals surface area contributed by atoms with E-state index in [1.165, 1.54) is 10.6 Å². The predicted molar refractivity (Wildman–Crippen MR) is 160 cm³/mol. The van der Waals surface area contributed by atoms with Gasteiger partial charge in [-0.25, -0.2) is 13.2 Å². The van der Waals surface area contributed by atoms with Gasteiger partial charge in [0.2, 0.25) is 10.0 Å². The van der Waals surface area contributed by atoms with Crippen molar-refractivity contribution in [2.24, 2.45) is 0 Å². The van der Waals surface area contributed by atoms with Gasteiger partial charge in [0.1, 0.15) is 0 Å². The van der Waals surface area contributed by atoms with Crippen LogP contribution in [-0.4, -0.2) is 65.2 Å². The summed E-state index contributed by atoms with van der Waals surface area (Å²) in [4.78, 5) is 27.5. The minimum Gasteiger partial charge on any atom is -0.462 e. The number of hydrogen-bond donors (Lipinski definition) is 2. The fourth-order valence-corrected chi connectivity index (χ4v) is 5.48. The van der Waals surface area contributed by atoms with Crippen LogP contribution in [0.15, 0.2) is 72.8 Å². The lowest BCUT2D eigenvalue weighted by atomic mass is 9.99. The second kappa shape index (κ2) is 12.4. The average molecular weight is 563 g/mol. The number of sulfonamides is 1. The molecule has 4 rings (SSSR count). The van der Waals surface area contributed by atoms with Crippen molar-refractivity contribution >= 4 is 50.2 Å². The maximum absolute atomic E-state index is 13.2. The molecule has 0 atom stereocenters. The molecule has 0 fully saturated rings. The smallest absolute Gasteiger partial charge is 0.338 e. The molecule has 0 saturated carbocycles. The fraction of sp³-hybridized carbons (Fsp3) is 0.267. The van der Waals surface area contributed by atoms with Crippen LogP contribution in [0.2, 0.25) is 0 Å². The van der Waals surface area contributed by atoms with E-state index in [2.05, 4.69) is 10.6 Å². The Bertz CT molecular complexity index is 1520. The molecule has 2 N–H and O–H groups in total. The van der Waals surface area contributed by atoms with Crippen molar-refractivity contribution in [2.75, 3.05) is 55.0 Å². The van der Waals surface area contributed by atoms with Crippen LogP contribution in [0.25, 0.3) is 11.3 Å². The molecule has 1 aliphatic heterocycles. The summed E-state index contributed by atoms with van der Waals surface area (Å²) in [5.74, 6) is -0.758. The van der Waals surface area contributed by atoms with E-state index in [-0.39, 0.29) is 12.5 Å². The largest absolute Gasteiger partial charge is 0.462 e. The third-order valence-corrected chi connectivity index (χ3v) is 7.57. The van der Waals surface area contributed by atoms with Gasteiger partial charge in [0.25, 0.3) is 5.91 Å². The van der Waals surface area contributed by atoms with Crippen LogP contribution in [0.1, 0.15) is 34.8 Å². The highest BCUT2D eigenvalue weighted by molar-refractivity contribution is 7.92. The zero-order valence-electron chi connectivity index (χ0n) is 23.1. The SMILES string of the molecule is CCOC(=O)c1ccc2c(c1)NC(=O)/C2=C(\Nc1ccc(N(CCCN(C)C)S(C)(=O)=O)cc1)c1ccccc1. The highest BCUT2D eigenvalue weighted by atomic mass is 32.2. The van der Waals surface area contributed by atoms with Crippen molar-refractivity contribution in [1.29, 1.82) is 0 Å². The number of carbonyl (C=O) groups excluding carboxylic acids is 2. The molecule has 0 saturated heterocycles. The number of esters is 1. The number of nitrogens with zero attached hydrogens (tertiary/aromatic N) is 2. The Morgan fingerprint density at radius 2 is 1.65 bits per heavy atom. The zero-order chi connectivity index (χ0) is 28.9. The van der Waals surface area contributed by atoms with Gasteiger partial charge >= 0.3 is 5.97 Å². The Morgan fingerprint density at radius 1 is 0.950 bits per heavy atom. The van der Waals surface area contributed by atoms with Crippen molar-refractivity contribution < 1.29 is 22.7 Å². The Balaban J connectivity index is 1.69. The Hall–Kier alpha value is -4.15. The molecule has 1 amide bonds. The summed E-state index contributed by atoms with van der Waals surface area (Å²) in [7, 11) is 0.439. The van der Waals surface area contributed by atoms with Gasteiger partial charge in [-0.05, 0) is 75.9 Å². The van der Waals surface area contributed by atoms with Gasteiger partial charge in [0, 0.05) is 17.8 Å². The Morgan fingerprint density at radius 3 is 2.27 bits per heavy atom. The number of benzene rings is 3. The molecule has 10 heteroatoms. The zero-order valence-corrected chi connectivity index (χ0v) is 23.9. The van der Waals surface area contributed by atoms with E-state index in [1.807, 2.05) is 49.3 Å². The second-order valence-corrected chi connectivity index (χ2v) is 11.6. The fourth-order valence-electron chi connectivity index (χ4n) is 4.52. The lowest BCUT2D eigenvalue weighted by molar-refractivity contribution is -0.110. The number of amides is 1. The van der Waals surface area contributed by atoms with Crippen molar-refractivity contribution in [3.8, 4) is 0 Å². The summed E-state index contributed by atoms with van der Waals surface area (Å²) in [6.07, 6.45) is 1.90. The van der Waals surface area contributed by atoms with Gasteiger partial charge in [0.05, 0.1) is 41.1 Å². The average Bonchev–Trinajstić information content (AvgIpc) is 3.24. The first-order valence-corrected chi connectivity index (χ1v) is 14.9. The third kappa shape index (κ3) is 6.70. The first-order valence-electron chi connectivity index (χ1n) is 13.0. The van der Waals surface area contributed by atoms with E-state index in [0.717, 1.165) is 12.1 Å². The number of anilines is 3. The summed E-state index contributed by atoms with van der Waals surface area (Å²) < 4.78 is 31.5. The maximum atomic E-state index is 13.2. The predicted octanol–water partition coefficient (Wildman–Crippen LogP) is 4.51. The monoisotopic (exact) mass is 562 g/mol. The maximum Gasteiger partial charge on any atom is 0.338 e. The molecule has 0 spiro atoms. The summed E-state index contributed by atoms with van der Waals surface area (Å²) in [6, 6.07) is 21.5. The van der Waals surface area contributed by atoms with Crippen molar-refractivity contribution in [1.82, 2.24) is 4.90 Å². The number of rotatable bonds is 11. The number of hydrogen-bond acceptors (Lipinski definition) is 7. The molecule has 1 aliphatic rings. The molecular weight excluding hydrogens is 528 g/mol. The molecule has 3 aromatic carbocycles. The molecule has 1 heterocycles. The molecule has 0 bridgehead atoms. The van der Waals surface area contributed by atoms with Crippen molar-refractivity contribution in [3.05, 3.63) is 89.5 Å². The number of ether oxygens (including phenoxy) is 1. The molecular formula is C30H34N4O5S. The molecule has 9 nitrogen and oxygen atoms in total. The van der Waals surface area contributed by atoms with Crippen molar-refractivity contribution in [3.63, 3.8) is 0 Å². The van der Waals surface area contributed by atoms with Gasteiger partial charge in [-0.2, -0.15) is 0 Å². The molecule has 0 aliphatic carbocycles. The lowest BCUT2D eigenvalue weighted by Crippen LogP contribution is -2.32. The van der Waals surface area contributed by atoms with Crippen LogP contribution in [-0.2, 0) is 19.6 Å². The molecule has 0 aromatic heterocycles. The first kappa shape index (κ1) is 28.8. The summed E-state index contributed by atoms with van der Waals surface area (Å²) >= 11 is 0. The quantitative estimate of drug-likeness (QED) is 0.261. The van der Waals surface area contributed by atoms with Crippen LogP contribution in [0.4, 0.5) is 17.1 Å². The van der Waals surface area contributed by atoms with Gasteiger partial charge in [-0.3, -0.25) is 9.10 Å². The number of fused-ring (bicyclic) bond motifs is 1. The van der Waals surface area contributed by atoms with Crippen LogP contribution < -0.4 is 14.9 Å². The minimum absolute atomic E-state index is 0.256. The van der Waals surface area contributed by atoms with Gasteiger partial charge in [-0.15, -0.1) is 0 Å². The lowest BCUT2D eigenvalue weighted by Gasteiger charge is -2.23. The Kier molecular flexibility index (Phi) is 8.91. The van der Waals surface area contributed by atoms with Gasteiger partial charge < -0.3 is 20.3 Å². The van der Waals surface area contributed by atoms with Gasteiger partial charge in [0.15, 0.2) is 0 Å². The van der Waals surface area contributed by atoms with Crippen LogP contribution in [0, 0.1) is 0 Å². The van der Waals surface area contributed by atoms with E-state index < -0.39 is 16.0 Å². The normalized spacial score (nSPS) is 14.0. The van der Waals surface area contributed by atoms with Gasteiger partial charge in [-0.1, -0.05) is 36.4 Å². The van der Waals surface area contributed by atoms with Crippen LogP contribution >= 0.6 is 0 Å². The molecule has 3 aromatic rings. The van der Waals surface area contributed by atoms with E-state index in [9.17, 15) is 18.0 Å². The Labute approximate surface area is 235 Å². The standard InChI is InChI=1S/C30H34N4O5S/c1-5-39-30(36)22-12-17-25-26(20-22)32-29(35)27(25)28(21-10-7-6-8-11-21)31-23-13-15-24(16-14-23)34(40(4,37)38)19-9-18-33(2)3/h6-8,10-17,20,31H,5,9,18-19H2,1-4H3,(H,32,35)/b28-27-. The van der Waals surface area contributed by atoms with E-state index in [1.54, 1.807) is 49.4 Å².